The summed E-state index contributed by atoms with van der Waals surface area (Å²) >= 11 is 5.78. The fourth-order valence-corrected chi connectivity index (χ4v) is 3.50. The van der Waals surface area contributed by atoms with E-state index in [0.29, 0.717) is 23.9 Å². The van der Waals surface area contributed by atoms with Gasteiger partial charge in [-0.15, -0.1) is 0 Å². The number of hydrogen-bond donors (Lipinski definition) is 0. The van der Waals surface area contributed by atoms with Crippen LogP contribution in [0.2, 0.25) is 5.02 Å². The zero-order valence-electron chi connectivity index (χ0n) is 8.89. The van der Waals surface area contributed by atoms with Gasteiger partial charge in [0.1, 0.15) is 0 Å². The van der Waals surface area contributed by atoms with Crippen LogP contribution in [0.25, 0.3) is 0 Å². The van der Waals surface area contributed by atoms with Gasteiger partial charge in [-0.05, 0) is 30.5 Å². The monoisotopic (exact) mass is 259 g/mol. The molecular formula is C11H14ClNO2S. The summed E-state index contributed by atoms with van der Waals surface area (Å²) in [4.78, 5) is 0. The SMILES string of the molecule is O=S1(=O)CCCN1CCc1ccc(Cl)cc1. The van der Waals surface area contributed by atoms with Gasteiger partial charge in [-0.1, -0.05) is 23.7 Å². The van der Waals surface area contributed by atoms with Crippen LogP contribution in [0.5, 0.6) is 0 Å². The number of sulfonamides is 1. The summed E-state index contributed by atoms with van der Waals surface area (Å²) in [6, 6.07) is 7.53. The number of halogens is 1. The molecule has 0 aliphatic carbocycles. The van der Waals surface area contributed by atoms with E-state index in [2.05, 4.69) is 0 Å². The third kappa shape index (κ3) is 2.75. The average molecular weight is 260 g/mol. The van der Waals surface area contributed by atoms with Gasteiger partial charge in [0, 0.05) is 18.1 Å². The van der Waals surface area contributed by atoms with Crippen LogP contribution in [0, 0.1) is 0 Å². The smallest absolute Gasteiger partial charge is 0.212 e. The molecule has 3 nitrogen and oxygen atoms in total. The molecule has 1 aromatic rings. The molecule has 1 heterocycles. The molecule has 88 valence electrons. The predicted octanol–water partition coefficient (Wildman–Crippen LogP) is 1.92. The van der Waals surface area contributed by atoms with Crippen molar-refractivity contribution in [3.8, 4) is 0 Å². The minimum Gasteiger partial charge on any atom is -0.212 e. The third-order valence-corrected chi connectivity index (χ3v) is 4.97. The minimum atomic E-state index is -2.96. The highest BCUT2D eigenvalue weighted by Crippen LogP contribution is 2.15. The van der Waals surface area contributed by atoms with Gasteiger partial charge in [0.2, 0.25) is 10.0 Å². The molecule has 1 aromatic carbocycles. The van der Waals surface area contributed by atoms with Crippen molar-refractivity contribution in [2.45, 2.75) is 12.8 Å². The summed E-state index contributed by atoms with van der Waals surface area (Å²) in [5, 5.41) is 0.706. The molecule has 1 saturated heterocycles. The first-order valence-corrected chi connectivity index (χ1v) is 7.29. The van der Waals surface area contributed by atoms with Gasteiger partial charge in [0.15, 0.2) is 0 Å². The largest absolute Gasteiger partial charge is 0.214 e. The highest BCUT2D eigenvalue weighted by molar-refractivity contribution is 7.89. The van der Waals surface area contributed by atoms with E-state index in [-0.39, 0.29) is 0 Å². The van der Waals surface area contributed by atoms with Crippen molar-refractivity contribution in [3.05, 3.63) is 34.9 Å². The molecule has 0 radical (unpaired) electrons. The van der Waals surface area contributed by atoms with E-state index in [1.54, 1.807) is 4.31 Å². The predicted molar refractivity (Wildman–Crippen MR) is 65.1 cm³/mol. The van der Waals surface area contributed by atoms with Crippen molar-refractivity contribution >= 4 is 21.6 Å². The standard InChI is InChI=1S/C11H14ClNO2S/c12-11-4-2-10(3-5-11)6-8-13-7-1-9-16(13,14)15/h2-5H,1,6-9H2. The van der Waals surface area contributed by atoms with Crippen LogP contribution >= 0.6 is 11.6 Å². The number of benzene rings is 1. The van der Waals surface area contributed by atoms with Gasteiger partial charge in [0.05, 0.1) is 5.75 Å². The summed E-state index contributed by atoms with van der Waals surface area (Å²) in [6.07, 6.45) is 1.50. The van der Waals surface area contributed by atoms with Crippen molar-refractivity contribution in [1.82, 2.24) is 4.31 Å². The third-order valence-electron chi connectivity index (χ3n) is 2.77. The molecule has 1 aliphatic heterocycles. The Kier molecular flexibility index (Phi) is 3.52. The first-order chi connectivity index (χ1) is 7.58. The zero-order chi connectivity index (χ0) is 11.6. The lowest BCUT2D eigenvalue weighted by atomic mass is 10.1. The van der Waals surface area contributed by atoms with E-state index in [4.69, 9.17) is 11.6 Å². The molecule has 0 unspecified atom stereocenters. The van der Waals surface area contributed by atoms with Gasteiger partial charge in [0.25, 0.3) is 0 Å². The Morgan fingerprint density at radius 1 is 1.25 bits per heavy atom. The molecule has 1 aliphatic rings. The van der Waals surface area contributed by atoms with E-state index in [9.17, 15) is 8.42 Å². The fraction of sp³-hybridized carbons (Fsp3) is 0.455. The van der Waals surface area contributed by atoms with E-state index in [1.807, 2.05) is 24.3 Å². The molecule has 1 fully saturated rings. The van der Waals surface area contributed by atoms with Gasteiger partial charge >= 0.3 is 0 Å². The van der Waals surface area contributed by atoms with Crippen LogP contribution in [0.15, 0.2) is 24.3 Å². The Labute approximate surface area is 101 Å². The van der Waals surface area contributed by atoms with Crippen molar-refractivity contribution in [3.63, 3.8) is 0 Å². The summed E-state index contributed by atoms with van der Waals surface area (Å²) in [7, 11) is -2.96. The second-order valence-corrected chi connectivity index (χ2v) is 6.47. The number of hydrogen-bond acceptors (Lipinski definition) is 2. The van der Waals surface area contributed by atoms with Crippen LogP contribution < -0.4 is 0 Å². The van der Waals surface area contributed by atoms with Gasteiger partial charge in [-0.3, -0.25) is 0 Å². The Morgan fingerprint density at radius 2 is 1.94 bits per heavy atom. The lowest BCUT2D eigenvalue weighted by Gasteiger charge is -2.13. The molecule has 0 spiro atoms. The first kappa shape index (κ1) is 11.9. The van der Waals surface area contributed by atoms with Gasteiger partial charge in [-0.25, -0.2) is 12.7 Å². The van der Waals surface area contributed by atoms with Crippen LogP contribution in [-0.2, 0) is 16.4 Å². The molecular weight excluding hydrogens is 246 g/mol. The van der Waals surface area contributed by atoms with E-state index >= 15 is 0 Å². The van der Waals surface area contributed by atoms with Crippen molar-refractivity contribution < 1.29 is 8.42 Å². The maximum Gasteiger partial charge on any atom is 0.214 e. The van der Waals surface area contributed by atoms with Crippen LogP contribution in [-0.4, -0.2) is 31.6 Å². The normalized spacial score (nSPS) is 20.1. The Balaban J connectivity index is 1.95. The fourth-order valence-electron chi connectivity index (χ4n) is 1.85. The average Bonchev–Trinajstić information content (AvgIpc) is 2.57. The van der Waals surface area contributed by atoms with E-state index in [1.165, 1.54) is 0 Å². The zero-order valence-corrected chi connectivity index (χ0v) is 10.5. The maximum absolute atomic E-state index is 11.5. The molecule has 2 rings (SSSR count). The molecule has 0 amide bonds. The highest BCUT2D eigenvalue weighted by Gasteiger charge is 2.27. The molecule has 0 N–H and O–H groups in total. The van der Waals surface area contributed by atoms with Crippen LogP contribution in [0.4, 0.5) is 0 Å². The molecule has 0 bridgehead atoms. The number of nitrogens with zero attached hydrogens (tertiary/aromatic N) is 1. The highest BCUT2D eigenvalue weighted by atomic mass is 35.5. The topological polar surface area (TPSA) is 37.4 Å². The molecule has 16 heavy (non-hydrogen) atoms. The summed E-state index contributed by atoms with van der Waals surface area (Å²) in [5.74, 6) is 0.299. The second-order valence-electron chi connectivity index (χ2n) is 3.95. The first-order valence-electron chi connectivity index (χ1n) is 5.30. The summed E-state index contributed by atoms with van der Waals surface area (Å²) in [5.41, 5.74) is 1.12. The van der Waals surface area contributed by atoms with Gasteiger partial charge < -0.3 is 0 Å². The van der Waals surface area contributed by atoms with E-state index < -0.39 is 10.0 Å². The minimum absolute atomic E-state index is 0.299. The van der Waals surface area contributed by atoms with Crippen LogP contribution in [0.3, 0.4) is 0 Å². The lowest BCUT2D eigenvalue weighted by molar-refractivity contribution is 0.447. The van der Waals surface area contributed by atoms with Crippen molar-refractivity contribution in [2.75, 3.05) is 18.8 Å². The van der Waals surface area contributed by atoms with E-state index in [0.717, 1.165) is 18.4 Å². The quantitative estimate of drug-likeness (QED) is 0.832. The Morgan fingerprint density at radius 3 is 2.50 bits per heavy atom. The number of rotatable bonds is 3. The summed E-state index contributed by atoms with van der Waals surface area (Å²) < 4.78 is 24.7. The maximum atomic E-state index is 11.5. The molecule has 0 saturated carbocycles. The molecule has 0 aromatic heterocycles. The lowest BCUT2D eigenvalue weighted by Crippen LogP contribution is -2.27. The van der Waals surface area contributed by atoms with Crippen molar-refractivity contribution in [1.29, 1.82) is 0 Å². The van der Waals surface area contributed by atoms with Crippen molar-refractivity contribution in [2.24, 2.45) is 0 Å². The second kappa shape index (κ2) is 4.73. The van der Waals surface area contributed by atoms with Crippen LogP contribution in [0.1, 0.15) is 12.0 Å². The van der Waals surface area contributed by atoms with Gasteiger partial charge in [-0.2, -0.15) is 0 Å². The molecule has 0 atom stereocenters. The Hall–Kier alpha value is -0.580. The molecule has 5 heteroatoms. The Bertz CT molecular complexity index is 455. The summed E-state index contributed by atoms with van der Waals surface area (Å²) in [6.45, 7) is 1.24.